The van der Waals surface area contributed by atoms with Crippen molar-refractivity contribution in [3.8, 4) is 22.5 Å². The van der Waals surface area contributed by atoms with E-state index in [0.717, 1.165) is 22.8 Å². The first-order valence-electron chi connectivity index (χ1n) is 13.2. The quantitative estimate of drug-likeness (QED) is 0.300. The first-order valence-corrected chi connectivity index (χ1v) is 13.2. The molecule has 0 aliphatic carbocycles. The second-order valence-corrected chi connectivity index (χ2v) is 10.3. The van der Waals surface area contributed by atoms with Crippen LogP contribution in [0.2, 0.25) is 0 Å². The summed E-state index contributed by atoms with van der Waals surface area (Å²) in [7, 11) is 0. The van der Waals surface area contributed by atoms with E-state index in [9.17, 15) is 13.6 Å². The van der Waals surface area contributed by atoms with Gasteiger partial charge in [-0.05, 0) is 41.7 Å². The SMILES string of the molecule is CCN1C(=O)c2nc(-c3ccc(-c4ccccc4)cc3)n(Cc3ccc(F)c(F)c3)c2N2C[C@@H](C(C)C)N=C12. The number of aliphatic imine (C=N–C) groups is 1. The maximum atomic E-state index is 14.2. The van der Waals surface area contributed by atoms with E-state index in [-0.39, 0.29) is 24.4 Å². The molecular formula is C31H29F2N5O. The van der Waals surface area contributed by atoms with Gasteiger partial charge in [-0.15, -0.1) is 0 Å². The zero-order valence-corrected chi connectivity index (χ0v) is 22.1. The maximum absolute atomic E-state index is 14.2. The molecule has 0 fully saturated rings. The predicted octanol–water partition coefficient (Wildman–Crippen LogP) is 6.22. The average molecular weight is 526 g/mol. The van der Waals surface area contributed by atoms with Crippen molar-refractivity contribution in [1.82, 2.24) is 14.5 Å². The molecule has 1 atom stereocenters. The number of amides is 1. The van der Waals surface area contributed by atoms with E-state index in [1.807, 2.05) is 54.0 Å². The second-order valence-electron chi connectivity index (χ2n) is 10.3. The van der Waals surface area contributed by atoms with Gasteiger partial charge in [0.1, 0.15) is 11.6 Å². The van der Waals surface area contributed by atoms with Crippen molar-refractivity contribution in [3.63, 3.8) is 0 Å². The third-order valence-electron chi connectivity index (χ3n) is 7.44. The number of halogens is 2. The lowest BCUT2D eigenvalue weighted by Crippen LogP contribution is -2.50. The smallest absolute Gasteiger partial charge is 0.283 e. The van der Waals surface area contributed by atoms with Crippen molar-refractivity contribution in [2.75, 3.05) is 18.0 Å². The Morgan fingerprint density at radius 2 is 1.62 bits per heavy atom. The Balaban J connectivity index is 1.51. The molecular weight excluding hydrogens is 496 g/mol. The number of hydrogen-bond acceptors (Lipinski definition) is 4. The molecule has 6 nitrogen and oxygen atoms in total. The summed E-state index contributed by atoms with van der Waals surface area (Å²) in [5, 5.41) is 0. The number of fused-ring (bicyclic) bond motifs is 3. The summed E-state index contributed by atoms with van der Waals surface area (Å²) in [5.74, 6) is 0.107. The standard InChI is InChI=1S/C31H29F2N5O/c1-4-36-30(39)27-29(38-18-26(19(2)3)34-31(36)38)37(17-20-10-15-24(32)25(33)16-20)28(35-27)23-13-11-22(12-14-23)21-8-6-5-7-9-21/h5-16,19,26H,4,17-18H2,1-3H3/t26-/m0/s1. The molecule has 1 aromatic heterocycles. The molecule has 8 heteroatoms. The summed E-state index contributed by atoms with van der Waals surface area (Å²) < 4.78 is 29.9. The van der Waals surface area contributed by atoms with Crippen LogP contribution in [0, 0.1) is 17.6 Å². The first kappa shape index (κ1) is 25.0. The lowest BCUT2D eigenvalue weighted by Gasteiger charge is -2.33. The average Bonchev–Trinajstić information content (AvgIpc) is 3.54. The number of carbonyl (C=O) groups excluding carboxylic acids is 1. The molecule has 0 saturated heterocycles. The van der Waals surface area contributed by atoms with Gasteiger partial charge in [0.05, 0.1) is 19.1 Å². The van der Waals surface area contributed by atoms with Gasteiger partial charge in [0.15, 0.2) is 17.3 Å². The number of benzene rings is 3. The molecule has 0 unspecified atom stereocenters. The van der Waals surface area contributed by atoms with Crippen LogP contribution in [-0.4, -0.2) is 45.4 Å². The van der Waals surface area contributed by atoms with Gasteiger partial charge < -0.3 is 4.57 Å². The summed E-state index contributed by atoms with van der Waals surface area (Å²) in [5.41, 5.74) is 3.88. The van der Waals surface area contributed by atoms with Crippen molar-refractivity contribution in [2.45, 2.75) is 33.4 Å². The van der Waals surface area contributed by atoms with Crippen molar-refractivity contribution in [2.24, 2.45) is 10.9 Å². The third-order valence-corrected chi connectivity index (χ3v) is 7.44. The molecule has 3 aromatic carbocycles. The van der Waals surface area contributed by atoms with E-state index >= 15 is 0 Å². The van der Waals surface area contributed by atoms with E-state index in [1.165, 1.54) is 6.07 Å². The van der Waals surface area contributed by atoms with Crippen LogP contribution in [0.25, 0.3) is 22.5 Å². The number of nitrogens with zero attached hydrogens (tertiary/aromatic N) is 5. The Morgan fingerprint density at radius 1 is 0.923 bits per heavy atom. The normalized spacial score (nSPS) is 16.5. The van der Waals surface area contributed by atoms with Gasteiger partial charge in [0, 0.05) is 12.1 Å². The minimum absolute atomic E-state index is 0.0213. The molecule has 0 bridgehead atoms. The summed E-state index contributed by atoms with van der Waals surface area (Å²) in [6.07, 6.45) is 0. The molecule has 2 aliphatic heterocycles. The van der Waals surface area contributed by atoms with Crippen molar-refractivity contribution in [1.29, 1.82) is 0 Å². The van der Waals surface area contributed by atoms with Gasteiger partial charge >= 0.3 is 0 Å². The molecule has 1 amide bonds. The zero-order chi connectivity index (χ0) is 27.3. The van der Waals surface area contributed by atoms with Crippen LogP contribution in [0.4, 0.5) is 14.6 Å². The Bertz CT molecular complexity index is 1580. The molecule has 4 aromatic rings. The van der Waals surface area contributed by atoms with Crippen LogP contribution in [0.15, 0.2) is 77.8 Å². The fraction of sp³-hybridized carbons (Fsp3) is 0.258. The largest absolute Gasteiger partial charge is 0.305 e. The number of rotatable bonds is 6. The molecule has 3 heterocycles. The number of aromatic nitrogens is 2. The van der Waals surface area contributed by atoms with Gasteiger partial charge in [-0.2, -0.15) is 0 Å². The highest BCUT2D eigenvalue weighted by Crippen LogP contribution is 2.38. The maximum Gasteiger partial charge on any atom is 0.283 e. The summed E-state index contributed by atoms with van der Waals surface area (Å²) >= 11 is 0. The van der Waals surface area contributed by atoms with E-state index in [0.29, 0.717) is 41.9 Å². The highest BCUT2D eigenvalue weighted by atomic mass is 19.2. The van der Waals surface area contributed by atoms with Crippen LogP contribution in [0.1, 0.15) is 36.8 Å². The number of anilines is 1. The predicted molar refractivity (Wildman–Crippen MR) is 149 cm³/mol. The van der Waals surface area contributed by atoms with E-state index in [1.54, 1.807) is 11.0 Å². The summed E-state index contributed by atoms with van der Waals surface area (Å²) in [6, 6.07) is 22.0. The fourth-order valence-electron chi connectivity index (χ4n) is 5.28. The zero-order valence-electron chi connectivity index (χ0n) is 22.1. The van der Waals surface area contributed by atoms with Gasteiger partial charge in [-0.25, -0.2) is 18.8 Å². The Hall–Kier alpha value is -4.33. The number of carbonyl (C=O) groups is 1. The molecule has 198 valence electrons. The molecule has 0 N–H and O–H groups in total. The van der Waals surface area contributed by atoms with Gasteiger partial charge in [0.25, 0.3) is 5.91 Å². The lowest BCUT2D eigenvalue weighted by molar-refractivity contribution is 0.0841. The van der Waals surface area contributed by atoms with E-state index in [4.69, 9.17) is 9.98 Å². The molecule has 2 aliphatic rings. The van der Waals surface area contributed by atoms with Crippen molar-refractivity contribution in [3.05, 3.63) is 95.7 Å². The van der Waals surface area contributed by atoms with Crippen LogP contribution < -0.4 is 4.90 Å². The molecule has 0 saturated carbocycles. The highest BCUT2D eigenvalue weighted by Gasteiger charge is 2.44. The third kappa shape index (κ3) is 4.30. The van der Waals surface area contributed by atoms with Crippen LogP contribution >= 0.6 is 0 Å². The van der Waals surface area contributed by atoms with Crippen LogP contribution in [0.5, 0.6) is 0 Å². The van der Waals surface area contributed by atoms with Crippen LogP contribution in [-0.2, 0) is 6.54 Å². The Labute approximate surface area is 226 Å². The monoisotopic (exact) mass is 525 g/mol. The second kappa shape index (κ2) is 9.76. The van der Waals surface area contributed by atoms with Gasteiger partial charge in [0.2, 0.25) is 5.96 Å². The van der Waals surface area contributed by atoms with Crippen LogP contribution in [0.3, 0.4) is 0 Å². The first-order chi connectivity index (χ1) is 18.9. The number of imidazole rings is 1. The summed E-state index contributed by atoms with van der Waals surface area (Å²) in [6.45, 7) is 7.45. The van der Waals surface area contributed by atoms with Crippen molar-refractivity contribution >= 4 is 17.7 Å². The minimum atomic E-state index is -0.910. The Morgan fingerprint density at radius 3 is 2.28 bits per heavy atom. The van der Waals surface area contributed by atoms with Gasteiger partial charge in [-0.3, -0.25) is 14.6 Å². The number of guanidine groups is 1. The number of hydrogen-bond donors (Lipinski definition) is 0. The lowest BCUT2D eigenvalue weighted by atomic mass is 10.0. The highest BCUT2D eigenvalue weighted by molar-refractivity contribution is 6.18. The summed E-state index contributed by atoms with van der Waals surface area (Å²) in [4.78, 5) is 27.2. The van der Waals surface area contributed by atoms with Gasteiger partial charge in [-0.1, -0.05) is 74.5 Å². The Kier molecular flexibility index (Phi) is 6.25. The minimum Gasteiger partial charge on any atom is -0.305 e. The molecule has 0 spiro atoms. The van der Waals surface area contributed by atoms with E-state index < -0.39 is 11.6 Å². The molecule has 39 heavy (non-hydrogen) atoms. The van der Waals surface area contributed by atoms with E-state index in [2.05, 4.69) is 30.9 Å². The van der Waals surface area contributed by atoms with Crippen molar-refractivity contribution < 1.29 is 13.6 Å². The topological polar surface area (TPSA) is 53.7 Å². The molecule has 6 rings (SSSR count). The fourth-order valence-corrected chi connectivity index (χ4v) is 5.28. The molecule has 0 radical (unpaired) electrons.